The minimum Gasteiger partial charge on any atom is -0.353 e. The number of carbonyl (C=O) groups is 1. The van der Waals surface area contributed by atoms with Gasteiger partial charge >= 0.3 is 0 Å². The molecule has 0 aromatic heterocycles. The highest BCUT2D eigenvalue weighted by Gasteiger charge is 2.22. The molecule has 1 aliphatic heterocycles. The van der Waals surface area contributed by atoms with Crippen LogP contribution >= 0.6 is 0 Å². The third-order valence-electron chi connectivity index (χ3n) is 3.49. The van der Waals surface area contributed by atoms with E-state index in [2.05, 4.69) is 17.6 Å². The molecule has 104 valence electrons. The number of carbonyl (C=O) groups excluding carboxylic acids is 1. The molecule has 0 radical (unpaired) electrons. The number of nitrogens with one attached hydrogen (secondary N) is 2. The zero-order chi connectivity index (χ0) is 13.8. The molecule has 2 atom stereocenters. The fourth-order valence-corrected chi connectivity index (χ4v) is 2.34. The Labute approximate surface area is 111 Å². The Hall–Kier alpha value is -1.49. The monoisotopic (exact) mass is 268 g/mol. The fraction of sp³-hybridized carbons (Fsp3) is 0.500. The predicted molar refractivity (Wildman–Crippen MR) is 68.6 cm³/mol. The lowest BCUT2D eigenvalue weighted by Gasteiger charge is -2.30. The Bertz CT molecular complexity index is 465. The van der Waals surface area contributed by atoms with Gasteiger partial charge in [0, 0.05) is 11.6 Å². The van der Waals surface area contributed by atoms with E-state index in [4.69, 9.17) is 0 Å². The zero-order valence-electron chi connectivity index (χ0n) is 10.9. The molecule has 19 heavy (non-hydrogen) atoms. The summed E-state index contributed by atoms with van der Waals surface area (Å²) in [6.07, 6.45) is 0.735. The van der Waals surface area contributed by atoms with Gasteiger partial charge in [-0.15, -0.1) is 0 Å². The van der Waals surface area contributed by atoms with Crippen LogP contribution in [0.5, 0.6) is 0 Å². The van der Waals surface area contributed by atoms with Crippen molar-refractivity contribution in [2.45, 2.75) is 25.8 Å². The molecule has 5 heteroatoms. The van der Waals surface area contributed by atoms with Crippen LogP contribution in [0.25, 0.3) is 0 Å². The van der Waals surface area contributed by atoms with E-state index in [-0.39, 0.29) is 23.9 Å². The second kappa shape index (κ2) is 6.10. The summed E-state index contributed by atoms with van der Waals surface area (Å²) in [5.74, 6) is -0.993. The van der Waals surface area contributed by atoms with Gasteiger partial charge in [0.15, 0.2) is 0 Å². The van der Waals surface area contributed by atoms with Crippen LogP contribution in [0.4, 0.5) is 8.78 Å². The Morgan fingerprint density at radius 2 is 2.26 bits per heavy atom. The van der Waals surface area contributed by atoms with Crippen LogP contribution in [0.15, 0.2) is 18.2 Å². The predicted octanol–water partition coefficient (Wildman–Crippen LogP) is 1.62. The van der Waals surface area contributed by atoms with Crippen LogP contribution < -0.4 is 10.6 Å². The first kappa shape index (κ1) is 13.9. The van der Waals surface area contributed by atoms with E-state index in [9.17, 15) is 13.6 Å². The van der Waals surface area contributed by atoms with Crippen molar-refractivity contribution in [1.29, 1.82) is 0 Å². The minimum absolute atomic E-state index is 0.0964. The number of hydrogen-bond donors (Lipinski definition) is 2. The van der Waals surface area contributed by atoms with Gasteiger partial charge in [0.25, 0.3) is 0 Å². The lowest BCUT2D eigenvalue weighted by Crippen LogP contribution is -2.48. The molecule has 0 spiro atoms. The van der Waals surface area contributed by atoms with E-state index >= 15 is 0 Å². The molecule has 1 saturated heterocycles. The zero-order valence-corrected chi connectivity index (χ0v) is 10.9. The Morgan fingerprint density at radius 1 is 1.47 bits per heavy atom. The standard InChI is InChI=1S/C14H18F2N2O/c1-9-8-17-5-4-13(9)18-14(19)7-10-6-11(15)2-3-12(10)16/h2-3,6,9,13,17H,4-5,7-8H2,1H3,(H,18,19). The first-order valence-electron chi connectivity index (χ1n) is 6.50. The van der Waals surface area contributed by atoms with Crippen LogP contribution in [0.1, 0.15) is 18.9 Å². The summed E-state index contributed by atoms with van der Waals surface area (Å²) in [5.41, 5.74) is 0.0964. The minimum atomic E-state index is -0.546. The third-order valence-corrected chi connectivity index (χ3v) is 3.49. The highest BCUT2D eigenvalue weighted by atomic mass is 19.1. The Kier molecular flexibility index (Phi) is 4.47. The van der Waals surface area contributed by atoms with E-state index in [1.807, 2.05) is 0 Å². The van der Waals surface area contributed by atoms with Crippen molar-refractivity contribution >= 4 is 5.91 Å². The normalized spacial score (nSPS) is 23.1. The summed E-state index contributed by atoms with van der Waals surface area (Å²) < 4.78 is 26.4. The number of hydrogen-bond acceptors (Lipinski definition) is 2. The molecule has 2 rings (SSSR count). The van der Waals surface area contributed by atoms with E-state index in [1.54, 1.807) is 0 Å². The maximum absolute atomic E-state index is 13.4. The summed E-state index contributed by atoms with van der Waals surface area (Å²) >= 11 is 0. The summed E-state index contributed by atoms with van der Waals surface area (Å²) in [5, 5.41) is 6.14. The van der Waals surface area contributed by atoms with Crippen LogP contribution in [-0.4, -0.2) is 25.0 Å². The maximum atomic E-state index is 13.4. The molecule has 1 amide bonds. The molecule has 1 aliphatic rings. The van der Waals surface area contributed by atoms with Crippen LogP contribution in [-0.2, 0) is 11.2 Å². The van der Waals surface area contributed by atoms with Crippen molar-refractivity contribution in [2.24, 2.45) is 5.92 Å². The second-order valence-corrected chi connectivity index (χ2v) is 5.06. The topological polar surface area (TPSA) is 41.1 Å². The van der Waals surface area contributed by atoms with Crippen molar-refractivity contribution in [1.82, 2.24) is 10.6 Å². The van der Waals surface area contributed by atoms with Crippen molar-refractivity contribution < 1.29 is 13.6 Å². The molecular weight excluding hydrogens is 250 g/mol. The van der Waals surface area contributed by atoms with Crippen LogP contribution in [0.3, 0.4) is 0 Å². The highest BCUT2D eigenvalue weighted by molar-refractivity contribution is 5.79. The molecule has 1 aromatic carbocycles. The lowest BCUT2D eigenvalue weighted by atomic mass is 9.95. The van der Waals surface area contributed by atoms with Gasteiger partial charge in [-0.25, -0.2) is 8.78 Å². The van der Waals surface area contributed by atoms with E-state index in [1.165, 1.54) is 0 Å². The smallest absolute Gasteiger partial charge is 0.224 e. The van der Waals surface area contributed by atoms with Crippen LogP contribution in [0, 0.1) is 17.6 Å². The molecular formula is C14H18F2N2O. The number of benzene rings is 1. The van der Waals surface area contributed by atoms with Gasteiger partial charge in [-0.05, 0) is 43.6 Å². The van der Waals surface area contributed by atoms with E-state index < -0.39 is 11.6 Å². The van der Waals surface area contributed by atoms with Crippen LogP contribution in [0.2, 0.25) is 0 Å². The summed E-state index contributed by atoms with van der Waals surface area (Å²) in [7, 11) is 0. The number of halogens is 2. The molecule has 1 heterocycles. The molecule has 1 aromatic rings. The number of piperidine rings is 1. The summed E-state index contributed by atoms with van der Waals surface area (Å²) in [4.78, 5) is 11.9. The van der Waals surface area contributed by atoms with Crippen molar-refractivity contribution in [2.75, 3.05) is 13.1 Å². The molecule has 1 fully saturated rings. The van der Waals surface area contributed by atoms with E-state index in [0.717, 1.165) is 37.7 Å². The van der Waals surface area contributed by atoms with Gasteiger partial charge in [0.05, 0.1) is 6.42 Å². The van der Waals surface area contributed by atoms with Gasteiger partial charge in [-0.2, -0.15) is 0 Å². The average molecular weight is 268 g/mol. The average Bonchev–Trinajstić information content (AvgIpc) is 2.37. The Morgan fingerprint density at radius 3 is 3.00 bits per heavy atom. The van der Waals surface area contributed by atoms with Crippen molar-refractivity contribution in [3.63, 3.8) is 0 Å². The quantitative estimate of drug-likeness (QED) is 0.874. The maximum Gasteiger partial charge on any atom is 0.224 e. The van der Waals surface area contributed by atoms with Gasteiger partial charge in [-0.3, -0.25) is 4.79 Å². The summed E-state index contributed by atoms with van der Waals surface area (Å²) in [6.45, 7) is 3.78. The van der Waals surface area contributed by atoms with Gasteiger partial charge < -0.3 is 10.6 Å². The molecule has 3 nitrogen and oxygen atoms in total. The first-order valence-corrected chi connectivity index (χ1v) is 6.50. The highest BCUT2D eigenvalue weighted by Crippen LogP contribution is 2.13. The van der Waals surface area contributed by atoms with Gasteiger partial charge in [-0.1, -0.05) is 6.92 Å². The number of rotatable bonds is 3. The van der Waals surface area contributed by atoms with Crippen molar-refractivity contribution in [3.05, 3.63) is 35.4 Å². The SMILES string of the molecule is CC1CNCCC1NC(=O)Cc1cc(F)ccc1F. The second-order valence-electron chi connectivity index (χ2n) is 5.06. The Balaban J connectivity index is 1.95. The molecule has 0 aliphatic carbocycles. The van der Waals surface area contributed by atoms with E-state index in [0.29, 0.717) is 5.92 Å². The van der Waals surface area contributed by atoms with Crippen molar-refractivity contribution in [3.8, 4) is 0 Å². The largest absolute Gasteiger partial charge is 0.353 e. The van der Waals surface area contributed by atoms with Gasteiger partial charge in [0.2, 0.25) is 5.91 Å². The molecule has 2 N–H and O–H groups in total. The molecule has 0 bridgehead atoms. The first-order chi connectivity index (χ1) is 9.06. The fourth-order valence-electron chi connectivity index (χ4n) is 2.34. The third kappa shape index (κ3) is 3.73. The molecule has 0 saturated carbocycles. The molecule has 2 unspecified atom stereocenters. The number of amides is 1. The lowest BCUT2D eigenvalue weighted by molar-refractivity contribution is -0.121. The van der Waals surface area contributed by atoms with Gasteiger partial charge in [0.1, 0.15) is 11.6 Å². The summed E-state index contributed by atoms with van der Waals surface area (Å²) in [6, 6.07) is 3.27.